The van der Waals surface area contributed by atoms with E-state index in [1.54, 1.807) is 6.92 Å². The van der Waals surface area contributed by atoms with Gasteiger partial charge in [-0.25, -0.2) is 13.6 Å². The van der Waals surface area contributed by atoms with Crippen LogP contribution in [0.5, 0.6) is 5.75 Å². The molecule has 40 heavy (non-hydrogen) atoms. The lowest BCUT2D eigenvalue weighted by Crippen LogP contribution is -2.36. The van der Waals surface area contributed by atoms with E-state index in [9.17, 15) is 35.2 Å². The first-order valence-electron chi connectivity index (χ1n) is 12.5. The maximum atomic E-state index is 13.4. The van der Waals surface area contributed by atoms with Crippen LogP contribution < -0.4 is 15.2 Å². The minimum Gasteiger partial charge on any atom is -0.434 e. The Hall–Kier alpha value is -2.52. The Morgan fingerprint density at radius 2 is 1.88 bits per heavy atom. The molecule has 1 amide bonds. The smallest absolute Gasteiger partial charge is 0.394 e. The summed E-state index contributed by atoms with van der Waals surface area (Å²) in [6.07, 6.45) is -2.24. The van der Waals surface area contributed by atoms with Crippen LogP contribution in [0.4, 0.5) is 22.0 Å². The number of hydrogen-bond acceptors (Lipinski definition) is 6. The first kappa shape index (κ1) is 32.0. The summed E-state index contributed by atoms with van der Waals surface area (Å²) < 4.78 is 95.7. The standard InChI is InChI=1S/C24H31ClF5N5O4S/c1-4-35-20(16-12-32-14(9-17(16)39-22(26)27)10-23(2,3)24(28,29)30)18(25)19(34-35)21(36)33-11-13-5-7-15(8-6-13)40(31,37)38/h9,12-13,15,22H,4-8,10-11H2,1-3H3,(H,33,36)(H2,31,37,38). The number of halogens is 6. The van der Waals surface area contributed by atoms with Gasteiger partial charge in [-0.1, -0.05) is 25.4 Å². The van der Waals surface area contributed by atoms with E-state index in [1.807, 2.05) is 0 Å². The molecule has 16 heteroatoms. The molecule has 0 saturated heterocycles. The fraction of sp³-hybridized carbons (Fsp3) is 0.625. The van der Waals surface area contributed by atoms with Crippen molar-refractivity contribution < 1.29 is 39.9 Å². The molecule has 0 bridgehead atoms. The van der Waals surface area contributed by atoms with E-state index in [2.05, 4.69) is 20.1 Å². The van der Waals surface area contributed by atoms with Gasteiger partial charge in [-0.2, -0.15) is 27.1 Å². The van der Waals surface area contributed by atoms with Gasteiger partial charge in [0.25, 0.3) is 5.91 Å². The molecule has 2 aromatic heterocycles. The maximum Gasteiger partial charge on any atom is 0.394 e. The third kappa shape index (κ3) is 7.40. The highest BCUT2D eigenvalue weighted by atomic mass is 35.5. The van der Waals surface area contributed by atoms with Crippen molar-refractivity contribution in [1.82, 2.24) is 20.1 Å². The zero-order valence-corrected chi connectivity index (χ0v) is 23.6. The van der Waals surface area contributed by atoms with Crippen molar-refractivity contribution >= 4 is 27.5 Å². The van der Waals surface area contributed by atoms with E-state index in [-0.39, 0.29) is 46.7 Å². The number of aromatic nitrogens is 3. The van der Waals surface area contributed by atoms with Gasteiger partial charge < -0.3 is 10.1 Å². The average molecular weight is 616 g/mol. The maximum absolute atomic E-state index is 13.4. The van der Waals surface area contributed by atoms with Gasteiger partial charge in [-0.15, -0.1) is 0 Å². The third-order valence-corrected chi connectivity index (χ3v) is 8.76. The molecular weight excluding hydrogens is 585 g/mol. The molecule has 1 aliphatic rings. The molecule has 9 nitrogen and oxygen atoms in total. The molecule has 0 radical (unpaired) electrons. The molecule has 2 heterocycles. The number of rotatable bonds is 10. The van der Waals surface area contributed by atoms with Gasteiger partial charge in [0.05, 0.1) is 26.9 Å². The normalized spacial score (nSPS) is 18.7. The van der Waals surface area contributed by atoms with Crippen LogP contribution in [0.25, 0.3) is 11.3 Å². The number of carbonyl (C=O) groups excluding carboxylic acids is 1. The highest BCUT2D eigenvalue weighted by Gasteiger charge is 2.47. The summed E-state index contributed by atoms with van der Waals surface area (Å²) in [5.41, 5.74) is -2.55. The lowest BCUT2D eigenvalue weighted by molar-refractivity contribution is -0.211. The second kappa shape index (κ2) is 12.1. The van der Waals surface area contributed by atoms with E-state index in [0.29, 0.717) is 25.7 Å². The number of nitrogens with one attached hydrogen (secondary N) is 1. The van der Waals surface area contributed by atoms with Crippen molar-refractivity contribution in [3.05, 3.63) is 28.7 Å². The molecule has 1 aliphatic carbocycles. The van der Waals surface area contributed by atoms with Gasteiger partial charge >= 0.3 is 12.8 Å². The Labute approximate surface area is 233 Å². The summed E-state index contributed by atoms with van der Waals surface area (Å²) >= 11 is 6.50. The van der Waals surface area contributed by atoms with Crippen LogP contribution in [-0.4, -0.2) is 53.7 Å². The van der Waals surface area contributed by atoms with E-state index in [4.69, 9.17) is 16.7 Å². The number of amides is 1. The quantitative estimate of drug-likeness (QED) is 0.365. The monoisotopic (exact) mass is 615 g/mol. The van der Waals surface area contributed by atoms with Crippen molar-refractivity contribution in [3.8, 4) is 17.0 Å². The number of aryl methyl sites for hydroxylation is 1. The summed E-state index contributed by atoms with van der Waals surface area (Å²) in [5, 5.41) is 11.4. The van der Waals surface area contributed by atoms with Crippen molar-refractivity contribution in [2.24, 2.45) is 16.5 Å². The summed E-state index contributed by atoms with van der Waals surface area (Å²) in [7, 11) is -3.62. The predicted molar refractivity (Wildman–Crippen MR) is 138 cm³/mol. The Kier molecular flexibility index (Phi) is 9.72. The number of nitrogens with zero attached hydrogens (tertiary/aromatic N) is 3. The SMILES string of the molecule is CCn1nc(C(=O)NCC2CCC(S(N)(=O)=O)CC2)c(Cl)c1-c1cnc(CC(C)(C)C(F)(F)F)cc1OC(F)F. The van der Waals surface area contributed by atoms with Gasteiger partial charge in [0.2, 0.25) is 10.0 Å². The van der Waals surface area contributed by atoms with Gasteiger partial charge in [0, 0.05) is 37.5 Å². The van der Waals surface area contributed by atoms with Crippen LogP contribution in [0.2, 0.25) is 5.02 Å². The molecule has 1 fully saturated rings. The zero-order chi connectivity index (χ0) is 30.0. The molecule has 0 aliphatic heterocycles. The summed E-state index contributed by atoms with van der Waals surface area (Å²) in [5.74, 6) is -1.09. The number of alkyl halides is 5. The van der Waals surface area contributed by atoms with Crippen molar-refractivity contribution in [1.29, 1.82) is 0 Å². The van der Waals surface area contributed by atoms with E-state index in [1.165, 1.54) is 4.68 Å². The largest absolute Gasteiger partial charge is 0.434 e. The van der Waals surface area contributed by atoms with Gasteiger partial charge in [0.1, 0.15) is 5.75 Å². The Morgan fingerprint density at radius 1 is 1.25 bits per heavy atom. The number of nitrogens with two attached hydrogens (primary N) is 1. The lowest BCUT2D eigenvalue weighted by atomic mass is 9.86. The Bertz CT molecular complexity index is 1330. The molecule has 1 saturated carbocycles. The Balaban J connectivity index is 1.86. The highest BCUT2D eigenvalue weighted by Crippen LogP contribution is 2.42. The minimum absolute atomic E-state index is 0.0113. The second-order valence-electron chi connectivity index (χ2n) is 10.4. The first-order chi connectivity index (χ1) is 18.4. The molecule has 0 atom stereocenters. The number of sulfonamides is 1. The van der Waals surface area contributed by atoms with Crippen LogP contribution in [0, 0.1) is 11.3 Å². The molecular formula is C24H31ClF5N5O4S. The van der Waals surface area contributed by atoms with Crippen LogP contribution in [0.1, 0.15) is 62.6 Å². The van der Waals surface area contributed by atoms with E-state index >= 15 is 0 Å². The van der Waals surface area contributed by atoms with Crippen molar-refractivity contribution in [2.45, 2.75) is 77.5 Å². The summed E-state index contributed by atoms with van der Waals surface area (Å²) in [6.45, 7) is 0.697. The third-order valence-electron chi connectivity index (χ3n) is 7.00. The number of hydrogen-bond donors (Lipinski definition) is 2. The molecule has 3 N–H and O–H groups in total. The number of pyridine rings is 1. The van der Waals surface area contributed by atoms with Gasteiger partial charge in [-0.3, -0.25) is 14.5 Å². The highest BCUT2D eigenvalue weighted by molar-refractivity contribution is 7.89. The molecule has 224 valence electrons. The van der Waals surface area contributed by atoms with Gasteiger partial charge in [0.15, 0.2) is 5.69 Å². The summed E-state index contributed by atoms with van der Waals surface area (Å²) in [4.78, 5) is 17.0. The van der Waals surface area contributed by atoms with Crippen LogP contribution in [0.3, 0.4) is 0 Å². The van der Waals surface area contributed by atoms with Crippen molar-refractivity contribution in [3.63, 3.8) is 0 Å². The van der Waals surface area contributed by atoms with Gasteiger partial charge in [-0.05, 0) is 38.5 Å². The van der Waals surface area contributed by atoms with Crippen LogP contribution in [0.15, 0.2) is 12.3 Å². The van der Waals surface area contributed by atoms with Crippen LogP contribution >= 0.6 is 11.6 Å². The first-order valence-corrected chi connectivity index (χ1v) is 14.5. The molecule has 0 spiro atoms. The topological polar surface area (TPSA) is 129 Å². The summed E-state index contributed by atoms with van der Waals surface area (Å²) in [6, 6.07) is 0.996. The Morgan fingerprint density at radius 3 is 2.40 bits per heavy atom. The minimum atomic E-state index is -4.56. The number of primary sulfonamides is 1. The average Bonchev–Trinajstić information content (AvgIpc) is 3.17. The second-order valence-corrected chi connectivity index (χ2v) is 12.6. The van der Waals surface area contributed by atoms with E-state index < -0.39 is 51.6 Å². The number of ether oxygens (including phenoxy) is 1. The van der Waals surface area contributed by atoms with Crippen LogP contribution in [-0.2, 0) is 23.0 Å². The number of carbonyl (C=O) groups is 1. The molecule has 3 rings (SSSR count). The molecule has 0 unspecified atom stereocenters. The predicted octanol–water partition coefficient (Wildman–Crippen LogP) is 4.93. The van der Waals surface area contributed by atoms with Crippen molar-refractivity contribution in [2.75, 3.05) is 6.54 Å². The lowest BCUT2D eigenvalue weighted by Gasteiger charge is -2.27. The molecule has 0 aromatic carbocycles. The fourth-order valence-electron chi connectivity index (χ4n) is 4.55. The zero-order valence-electron chi connectivity index (χ0n) is 22.1. The van der Waals surface area contributed by atoms with E-state index in [0.717, 1.165) is 26.1 Å². The fourth-order valence-corrected chi connectivity index (χ4v) is 5.81. The molecule has 2 aromatic rings.